The fourth-order valence-corrected chi connectivity index (χ4v) is 2.11. The third-order valence-corrected chi connectivity index (χ3v) is 3.08. The highest BCUT2D eigenvalue weighted by Crippen LogP contribution is 2.34. The zero-order valence-corrected chi connectivity index (χ0v) is 13.6. The fraction of sp³-hybridized carbons (Fsp3) is 0.500. The molecule has 0 atom stereocenters. The van der Waals surface area contributed by atoms with Crippen LogP contribution in [0.15, 0.2) is 12.1 Å². The maximum atomic E-state index is 12.2. The molecule has 4 nitrogen and oxygen atoms in total. The van der Waals surface area contributed by atoms with Crippen LogP contribution in [0.3, 0.4) is 0 Å². The van der Waals surface area contributed by atoms with Gasteiger partial charge in [0.25, 0.3) is 5.78 Å². The van der Waals surface area contributed by atoms with Crippen molar-refractivity contribution in [3.05, 3.63) is 28.3 Å². The van der Waals surface area contributed by atoms with Gasteiger partial charge in [-0.1, -0.05) is 32.4 Å². The van der Waals surface area contributed by atoms with E-state index in [4.69, 9.17) is 21.1 Å². The quantitative estimate of drug-likeness (QED) is 0.434. The van der Waals surface area contributed by atoms with Crippen LogP contribution in [0.25, 0.3) is 0 Å². The first kappa shape index (κ1) is 17.5. The number of esters is 1. The highest BCUT2D eigenvalue weighted by molar-refractivity contribution is 6.42. The minimum absolute atomic E-state index is 0.115. The van der Waals surface area contributed by atoms with E-state index < -0.39 is 11.8 Å². The van der Waals surface area contributed by atoms with E-state index in [1.807, 2.05) is 20.8 Å². The maximum Gasteiger partial charge on any atom is 0.379 e. The molecule has 0 aromatic heterocycles. The van der Waals surface area contributed by atoms with Crippen LogP contribution in [0.2, 0.25) is 5.02 Å². The van der Waals surface area contributed by atoms with Crippen LogP contribution in [0.4, 0.5) is 0 Å². The van der Waals surface area contributed by atoms with Gasteiger partial charge >= 0.3 is 5.97 Å². The summed E-state index contributed by atoms with van der Waals surface area (Å²) in [5.41, 5.74) is 0.974. The number of benzene rings is 1. The van der Waals surface area contributed by atoms with Crippen LogP contribution in [-0.2, 0) is 9.53 Å². The van der Waals surface area contributed by atoms with Crippen molar-refractivity contribution in [2.45, 2.75) is 40.0 Å². The average molecular weight is 313 g/mol. The molecule has 0 radical (unpaired) electrons. The van der Waals surface area contributed by atoms with E-state index in [0.717, 1.165) is 12.0 Å². The Morgan fingerprint density at radius 2 is 1.90 bits per heavy atom. The van der Waals surface area contributed by atoms with E-state index in [9.17, 15) is 9.59 Å². The molecule has 21 heavy (non-hydrogen) atoms. The molecule has 5 heteroatoms. The van der Waals surface area contributed by atoms with Crippen molar-refractivity contribution in [2.24, 2.45) is 0 Å². The molecule has 0 amide bonds. The average Bonchev–Trinajstić information content (AvgIpc) is 2.44. The first-order valence-corrected chi connectivity index (χ1v) is 7.47. The first-order valence-electron chi connectivity index (χ1n) is 7.10. The Labute approximate surface area is 130 Å². The lowest BCUT2D eigenvalue weighted by molar-refractivity contribution is -0.137. The molecular formula is C16H21ClO4. The number of ether oxygens (including phenoxy) is 2. The molecule has 0 fully saturated rings. The molecule has 1 aromatic rings. The van der Waals surface area contributed by atoms with E-state index in [0.29, 0.717) is 17.4 Å². The van der Waals surface area contributed by atoms with Crippen LogP contribution < -0.4 is 4.74 Å². The van der Waals surface area contributed by atoms with Gasteiger partial charge in [0.2, 0.25) is 0 Å². The van der Waals surface area contributed by atoms with Gasteiger partial charge in [-0.3, -0.25) is 4.79 Å². The molecule has 0 aliphatic heterocycles. The topological polar surface area (TPSA) is 52.6 Å². The molecule has 0 unspecified atom stereocenters. The van der Waals surface area contributed by atoms with Crippen LogP contribution >= 0.6 is 11.6 Å². The van der Waals surface area contributed by atoms with Crippen LogP contribution in [0, 0.1) is 0 Å². The molecule has 0 spiro atoms. The molecule has 0 saturated heterocycles. The second-order valence-electron chi connectivity index (χ2n) is 4.92. The zero-order valence-electron chi connectivity index (χ0n) is 12.9. The van der Waals surface area contributed by atoms with Crippen molar-refractivity contribution in [1.82, 2.24) is 0 Å². The Balaban J connectivity index is 3.33. The largest absolute Gasteiger partial charge is 0.493 e. The normalized spacial score (nSPS) is 10.6. The van der Waals surface area contributed by atoms with Gasteiger partial charge in [-0.2, -0.15) is 0 Å². The number of carbonyl (C=O) groups excluding carboxylic acids is 2. The highest BCUT2D eigenvalue weighted by Gasteiger charge is 2.25. The smallest absolute Gasteiger partial charge is 0.379 e. The first-order chi connectivity index (χ1) is 9.92. The van der Waals surface area contributed by atoms with Gasteiger partial charge in [0, 0.05) is 5.02 Å². The van der Waals surface area contributed by atoms with Gasteiger partial charge in [-0.15, -0.1) is 0 Å². The zero-order chi connectivity index (χ0) is 16.0. The second-order valence-corrected chi connectivity index (χ2v) is 5.36. The Morgan fingerprint density at radius 3 is 2.43 bits per heavy atom. The highest BCUT2D eigenvalue weighted by atomic mass is 35.5. The van der Waals surface area contributed by atoms with Gasteiger partial charge in [-0.25, -0.2) is 4.79 Å². The SMILES string of the molecule is CCCOc1c(C(=O)C(=O)OCC)cc(Cl)cc1C(C)C. The number of hydrogen-bond donors (Lipinski definition) is 0. The predicted octanol–water partition coefficient (Wildman–Crippen LogP) is 4.00. The van der Waals surface area contributed by atoms with E-state index in [1.54, 1.807) is 13.0 Å². The summed E-state index contributed by atoms with van der Waals surface area (Å²) in [5.74, 6) is -1.08. The molecule has 1 aromatic carbocycles. The van der Waals surface area contributed by atoms with E-state index >= 15 is 0 Å². The molecular weight excluding hydrogens is 292 g/mol. The summed E-state index contributed by atoms with van der Waals surface area (Å²) >= 11 is 6.07. The molecule has 0 N–H and O–H groups in total. The van der Waals surface area contributed by atoms with Gasteiger partial charge in [0.1, 0.15) is 5.75 Å². The summed E-state index contributed by atoms with van der Waals surface area (Å²) in [6.45, 7) is 8.18. The van der Waals surface area contributed by atoms with E-state index in [2.05, 4.69) is 0 Å². The Kier molecular flexibility index (Phi) is 6.69. The minimum Gasteiger partial charge on any atom is -0.493 e. The predicted molar refractivity (Wildman–Crippen MR) is 82.3 cm³/mol. The lowest BCUT2D eigenvalue weighted by Crippen LogP contribution is -2.19. The van der Waals surface area contributed by atoms with Crippen molar-refractivity contribution in [2.75, 3.05) is 13.2 Å². The van der Waals surface area contributed by atoms with Crippen LogP contribution in [0.1, 0.15) is 56.0 Å². The Morgan fingerprint density at radius 1 is 1.24 bits per heavy atom. The second kappa shape index (κ2) is 8.03. The third-order valence-electron chi connectivity index (χ3n) is 2.86. The number of rotatable bonds is 7. The van der Waals surface area contributed by atoms with Crippen molar-refractivity contribution in [3.63, 3.8) is 0 Å². The van der Waals surface area contributed by atoms with Crippen molar-refractivity contribution in [1.29, 1.82) is 0 Å². The Bertz CT molecular complexity index is 523. The van der Waals surface area contributed by atoms with Gasteiger partial charge in [-0.05, 0) is 37.0 Å². The lowest BCUT2D eigenvalue weighted by atomic mass is 9.97. The number of halogens is 1. The van der Waals surface area contributed by atoms with Gasteiger partial charge < -0.3 is 9.47 Å². The van der Waals surface area contributed by atoms with Crippen molar-refractivity contribution in [3.8, 4) is 5.75 Å². The fourth-order valence-electron chi connectivity index (χ4n) is 1.88. The van der Waals surface area contributed by atoms with Crippen LogP contribution in [0.5, 0.6) is 5.75 Å². The van der Waals surface area contributed by atoms with Gasteiger partial charge in [0.15, 0.2) is 0 Å². The molecule has 116 valence electrons. The van der Waals surface area contributed by atoms with Crippen molar-refractivity contribution >= 4 is 23.4 Å². The number of Topliss-reactive ketones (excluding diaryl/α,β-unsaturated/α-hetero) is 1. The molecule has 0 heterocycles. The van der Waals surface area contributed by atoms with Crippen LogP contribution in [-0.4, -0.2) is 25.0 Å². The minimum atomic E-state index is -0.893. The molecule has 1 rings (SSSR count). The summed E-state index contributed by atoms with van der Waals surface area (Å²) < 4.78 is 10.5. The monoisotopic (exact) mass is 312 g/mol. The molecule has 0 aliphatic rings. The van der Waals surface area contributed by atoms with Crippen molar-refractivity contribution < 1.29 is 19.1 Å². The Hall–Kier alpha value is -1.55. The molecule has 0 bridgehead atoms. The lowest BCUT2D eigenvalue weighted by Gasteiger charge is -2.17. The number of carbonyl (C=O) groups is 2. The number of ketones is 1. The van der Waals surface area contributed by atoms with Gasteiger partial charge in [0.05, 0.1) is 18.8 Å². The third kappa shape index (κ3) is 4.46. The number of hydrogen-bond acceptors (Lipinski definition) is 4. The summed E-state index contributed by atoms with van der Waals surface area (Å²) in [6.07, 6.45) is 0.799. The van der Waals surface area contributed by atoms with E-state index in [-0.39, 0.29) is 18.1 Å². The molecule has 0 saturated carbocycles. The summed E-state index contributed by atoms with van der Waals surface area (Å²) in [5, 5.41) is 0.398. The summed E-state index contributed by atoms with van der Waals surface area (Å²) in [6, 6.07) is 3.22. The summed E-state index contributed by atoms with van der Waals surface area (Å²) in [4.78, 5) is 23.9. The standard InChI is InChI=1S/C16H21ClO4/c1-5-7-21-15-12(10(3)4)8-11(17)9-13(15)14(18)16(19)20-6-2/h8-10H,5-7H2,1-4H3. The van der Waals surface area contributed by atoms with E-state index in [1.165, 1.54) is 6.07 Å². The molecule has 0 aliphatic carbocycles. The maximum absolute atomic E-state index is 12.2. The summed E-state index contributed by atoms with van der Waals surface area (Å²) in [7, 11) is 0.